The fourth-order valence-corrected chi connectivity index (χ4v) is 3.65. The molecule has 24 heavy (non-hydrogen) atoms. The van der Waals surface area contributed by atoms with Gasteiger partial charge in [0.15, 0.2) is 0 Å². The molecule has 1 saturated heterocycles. The number of anilines is 2. The SMILES string of the molecule is O=C(NCc1ccc(F)cc1)N1C[C@H]2CCCN2c2ccccc21. The van der Waals surface area contributed by atoms with Crippen molar-refractivity contribution in [2.75, 3.05) is 22.9 Å². The molecule has 2 aliphatic rings. The van der Waals surface area contributed by atoms with E-state index in [9.17, 15) is 9.18 Å². The Bertz CT molecular complexity index is 747. The lowest BCUT2D eigenvalue weighted by Gasteiger charge is -2.40. The van der Waals surface area contributed by atoms with E-state index in [4.69, 9.17) is 0 Å². The average Bonchev–Trinajstić information content (AvgIpc) is 3.09. The number of urea groups is 1. The summed E-state index contributed by atoms with van der Waals surface area (Å²) in [6, 6.07) is 14.6. The van der Waals surface area contributed by atoms with Crippen LogP contribution in [-0.4, -0.2) is 25.2 Å². The van der Waals surface area contributed by atoms with Crippen LogP contribution in [0.15, 0.2) is 48.5 Å². The molecule has 1 fully saturated rings. The topological polar surface area (TPSA) is 35.6 Å². The highest BCUT2D eigenvalue weighted by Crippen LogP contribution is 2.39. The number of nitrogens with zero attached hydrogens (tertiary/aromatic N) is 2. The molecule has 0 aromatic heterocycles. The van der Waals surface area contributed by atoms with Crippen LogP contribution < -0.4 is 15.1 Å². The number of rotatable bonds is 2. The van der Waals surface area contributed by atoms with Gasteiger partial charge in [-0.1, -0.05) is 24.3 Å². The van der Waals surface area contributed by atoms with Gasteiger partial charge in [-0.25, -0.2) is 9.18 Å². The second-order valence-corrected chi connectivity index (χ2v) is 6.37. The van der Waals surface area contributed by atoms with Crippen LogP contribution in [0.25, 0.3) is 0 Å². The van der Waals surface area contributed by atoms with E-state index < -0.39 is 0 Å². The molecule has 0 spiro atoms. The van der Waals surface area contributed by atoms with Crippen molar-refractivity contribution in [2.24, 2.45) is 0 Å². The number of carbonyl (C=O) groups excluding carboxylic acids is 1. The maximum Gasteiger partial charge on any atom is 0.322 e. The Balaban J connectivity index is 1.51. The zero-order chi connectivity index (χ0) is 16.5. The molecule has 2 aromatic carbocycles. The first kappa shape index (κ1) is 15.0. The highest BCUT2D eigenvalue weighted by Gasteiger charge is 2.35. The van der Waals surface area contributed by atoms with E-state index in [2.05, 4.69) is 16.3 Å². The van der Waals surface area contributed by atoms with Gasteiger partial charge in [-0.05, 0) is 42.7 Å². The van der Waals surface area contributed by atoms with Crippen LogP contribution in [-0.2, 0) is 6.54 Å². The number of fused-ring (bicyclic) bond motifs is 3. The highest BCUT2D eigenvalue weighted by molar-refractivity contribution is 5.97. The zero-order valence-corrected chi connectivity index (χ0v) is 13.4. The van der Waals surface area contributed by atoms with Crippen molar-refractivity contribution in [3.8, 4) is 0 Å². The molecule has 1 N–H and O–H groups in total. The standard InChI is InChI=1S/C19H20FN3O/c20-15-9-7-14(8-10-15)12-21-19(24)23-13-16-4-3-11-22(16)17-5-1-2-6-18(17)23/h1-2,5-10,16H,3-4,11-13H2,(H,21,24)/t16-/m1/s1. The fourth-order valence-electron chi connectivity index (χ4n) is 3.65. The van der Waals surface area contributed by atoms with Gasteiger partial charge in [0, 0.05) is 25.7 Å². The summed E-state index contributed by atoms with van der Waals surface area (Å²) in [5.74, 6) is -0.267. The second-order valence-electron chi connectivity index (χ2n) is 6.37. The molecular formula is C19H20FN3O. The van der Waals surface area contributed by atoms with E-state index in [1.165, 1.54) is 18.6 Å². The van der Waals surface area contributed by atoms with Crippen LogP contribution in [0.4, 0.5) is 20.6 Å². The van der Waals surface area contributed by atoms with Gasteiger partial charge in [0.25, 0.3) is 0 Å². The number of hydrogen-bond donors (Lipinski definition) is 1. The predicted octanol–water partition coefficient (Wildman–Crippen LogP) is 3.52. The normalized spacial score (nSPS) is 19.0. The summed E-state index contributed by atoms with van der Waals surface area (Å²) in [5, 5.41) is 2.95. The maximum absolute atomic E-state index is 13.0. The lowest BCUT2D eigenvalue weighted by atomic mass is 10.1. The predicted molar refractivity (Wildman–Crippen MR) is 92.8 cm³/mol. The molecule has 124 valence electrons. The van der Waals surface area contributed by atoms with E-state index in [0.717, 1.165) is 29.9 Å². The molecule has 0 bridgehead atoms. The van der Waals surface area contributed by atoms with E-state index >= 15 is 0 Å². The van der Waals surface area contributed by atoms with Crippen molar-refractivity contribution < 1.29 is 9.18 Å². The first-order chi connectivity index (χ1) is 11.7. The number of benzene rings is 2. The Morgan fingerprint density at radius 2 is 1.88 bits per heavy atom. The molecule has 2 aliphatic heterocycles. The number of nitrogens with one attached hydrogen (secondary N) is 1. The van der Waals surface area contributed by atoms with Gasteiger partial charge in [-0.2, -0.15) is 0 Å². The molecule has 2 amide bonds. The van der Waals surface area contributed by atoms with Crippen LogP contribution in [0.5, 0.6) is 0 Å². The van der Waals surface area contributed by atoms with Crippen molar-refractivity contribution in [1.82, 2.24) is 5.32 Å². The smallest absolute Gasteiger partial charge is 0.322 e. The minimum atomic E-state index is -0.267. The zero-order valence-electron chi connectivity index (χ0n) is 13.4. The Morgan fingerprint density at radius 3 is 2.67 bits per heavy atom. The summed E-state index contributed by atoms with van der Waals surface area (Å²) in [5.41, 5.74) is 2.99. The van der Waals surface area contributed by atoms with E-state index in [1.54, 1.807) is 12.1 Å². The second kappa shape index (κ2) is 6.15. The molecule has 5 heteroatoms. The number of para-hydroxylation sites is 2. The van der Waals surface area contributed by atoms with Crippen LogP contribution in [0, 0.1) is 5.82 Å². The Kier molecular flexibility index (Phi) is 3.84. The van der Waals surface area contributed by atoms with E-state index in [-0.39, 0.29) is 11.8 Å². The van der Waals surface area contributed by atoms with Crippen LogP contribution >= 0.6 is 0 Å². The molecule has 0 unspecified atom stereocenters. The third-order valence-electron chi connectivity index (χ3n) is 4.85. The van der Waals surface area contributed by atoms with Gasteiger partial charge >= 0.3 is 6.03 Å². The van der Waals surface area contributed by atoms with Crippen LogP contribution in [0.1, 0.15) is 18.4 Å². The van der Waals surface area contributed by atoms with Crippen LogP contribution in [0.2, 0.25) is 0 Å². The lowest BCUT2D eigenvalue weighted by molar-refractivity contribution is 0.245. The van der Waals surface area contributed by atoms with Crippen molar-refractivity contribution in [3.63, 3.8) is 0 Å². The molecule has 4 nitrogen and oxygen atoms in total. The summed E-state index contributed by atoms with van der Waals surface area (Å²) in [6.07, 6.45) is 2.29. The first-order valence-electron chi connectivity index (χ1n) is 8.38. The number of carbonyl (C=O) groups is 1. The molecule has 0 aliphatic carbocycles. The van der Waals surface area contributed by atoms with Gasteiger partial charge < -0.3 is 10.2 Å². The monoisotopic (exact) mass is 325 g/mol. The minimum absolute atomic E-state index is 0.0988. The summed E-state index contributed by atoms with van der Waals surface area (Å²) >= 11 is 0. The molecule has 2 heterocycles. The largest absolute Gasteiger partial charge is 0.365 e. The minimum Gasteiger partial charge on any atom is -0.365 e. The Morgan fingerprint density at radius 1 is 1.12 bits per heavy atom. The maximum atomic E-state index is 13.0. The van der Waals surface area contributed by atoms with Gasteiger partial charge in [0.05, 0.1) is 11.4 Å². The van der Waals surface area contributed by atoms with Crippen molar-refractivity contribution in [2.45, 2.75) is 25.4 Å². The van der Waals surface area contributed by atoms with Gasteiger partial charge in [0.2, 0.25) is 0 Å². The average molecular weight is 325 g/mol. The summed E-state index contributed by atoms with van der Waals surface area (Å²) in [6.45, 7) is 2.17. The van der Waals surface area contributed by atoms with Crippen molar-refractivity contribution in [1.29, 1.82) is 0 Å². The summed E-state index contributed by atoms with van der Waals surface area (Å²) in [4.78, 5) is 17.0. The van der Waals surface area contributed by atoms with Crippen molar-refractivity contribution in [3.05, 3.63) is 59.9 Å². The number of amides is 2. The molecule has 4 rings (SSSR count). The number of hydrogen-bond acceptors (Lipinski definition) is 2. The third kappa shape index (κ3) is 2.70. The molecule has 0 radical (unpaired) electrons. The molecule has 1 atom stereocenters. The number of halogens is 1. The fraction of sp³-hybridized carbons (Fsp3) is 0.316. The van der Waals surface area contributed by atoms with Gasteiger partial charge in [-0.3, -0.25) is 4.90 Å². The molecule has 0 saturated carbocycles. The molecular weight excluding hydrogens is 305 g/mol. The van der Waals surface area contributed by atoms with E-state index in [0.29, 0.717) is 19.1 Å². The quantitative estimate of drug-likeness (QED) is 0.917. The third-order valence-corrected chi connectivity index (χ3v) is 4.85. The summed E-state index contributed by atoms with van der Waals surface area (Å²) < 4.78 is 13.0. The van der Waals surface area contributed by atoms with Crippen molar-refractivity contribution >= 4 is 17.4 Å². The van der Waals surface area contributed by atoms with Gasteiger partial charge in [0.1, 0.15) is 5.82 Å². The summed E-state index contributed by atoms with van der Waals surface area (Å²) in [7, 11) is 0. The van der Waals surface area contributed by atoms with Gasteiger partial charge in [-0.15, -0.1) is 0 Å². The van der Waals surface area contributed by atoms with Crippen LogP contribution in [0.3, 0.4) is 0 Å². The molecule has 2 aromatic rings. The Labute approximate surface area is 140 Å². The highest BCUT2D eigenvalue weighted by atomic mass is 19.1. The Hall–Kier alpha value is -2.56. The lowest BCUT2D eigenvalue weighted by Crippen LogP contribution is -2.51. The first-order valence-corrected chi connectivity index (χ1v) is 8.38. The van der Waals surface area contributed by atoms with E-state index in [1.807, 2.05) is 23.1 Å².